The number of unbranched alkanes of at least 4 members (excludes halogenated alkanes) is 2. The molecule has 0 saturated heterocycles. The highest BCUT2D eigenvalue weighted by Gasteiger charge is 2.20. The second-order valence-corrected chi connectivity index (χ2v) is 11.0. The number of carbonyl (C=O) groups is 1. The number of ether oxygens (including phenoxy) is 2. The van der Waals surface area contributed by atoms with Crippen molar-refractivity contribution < 1.29 is 14.3 Å². The largest absolute Gasteiger partial charge is 0.497 e. The van der Waals surface area contributed by atoms with Crippen LogP contribution >= 0.6 is 11.8 Å². The van der Waals surface area contributed by atoms with Crippen LogP contribution in [0.2, 0.25) is 0 Å². The molecule has 0 aliphatic heterocycles. The van der Waals surface area contributed by atoms with E-state index >= 15 is 0 Å². The fourth-order valence-corrected chi connectivity index (χ4v) is 5.66. The number of benzene rings is 3. The van der Waals surface area contributed by atoms with Gasteiger partial charge in [-0.1, -0.05) is 50.6 Å². The molecule has 1 aromatic heterocycles. The maximum absolute atomic E-state index is 12.8. The van der Waals surface area contributed by atoms with E-state index in [1.165, 1.54) is 24.8 Å². The number of hydrogen-bond acceptors (Lipinski definition) is 5. The smallest absolute Gasteiger partial charge is 0.251 e. The Kier molecular flexibility index (Phi) is 11.3. The summed E-state index contributed by atoms with van der Waals surface area (Å²) in [5, 5.41) is 4.02. The minimum Gasteiger partial charge on any atom is -0.497 e. The molecule has 0 fully saturated rings. The molecule has 6 nitrogen and oxygen atoms in total. The molecule has 1 N–H and O–H groups in total. The zero-order valence-electron chi connectivity index (χ0n) is 24.6. The molecule has 0 unspecified atom stereocenters. The Morgan fingerprint density at radius 2 is 1.46 bits per heavy atom. The fraction of sp³-hybridized carbons (Fsp3) is 0.353. The number of methoxy groups -OCH3 is 2. The highest BCUT2D eigenvalue weighted by atomic mass is 32.2. The number of hydrogen-bond donors (Lipinski definition) is 1. The van der Waals surface area contributed by atoms with Gasteiger partial charge < -0.3 is 19.4 Å². The predicted molar refractivity (Wildman–Crippen MR) is 169 cm³/mol. The molecule has 7 heteroatoms. The standard InChI is InChI=1S/C34H41N3O3S/c1-5-7-8-9-25-10-12-28(13-11-25)33(38)35-22-24-41-34-36-31(26-14-18-29(39-3)19-15-26)32(37(34)23-6-2)27-16-20-30(40-4)21-17-27/h10-21H,5-9,22-24H2,1-4H3,(H,35,38). The number of amides is 1. The lowest BCUT2D eigenvalue weighted by Crippen LogP contribution is -2.25. The van der Waals surface area contributed by atoms with Crippen molar-refractivity contribution in [3.05, 3.63) is 83.9 Å². The van der Waals surface area contributed by atoms with Gasteiger partial charge in [0.25, 0.3) is 5.91 Å². The van der Waals surface area contributed by atoms with Crippen molar-refractivity contribution in [2.24, 2.45) is 0 Å². The Balaban J connectivity index is 1.50. The van der Waals surface area contributed by atoms with Gasteiger partial charge in [-0.05, 0) is 85.5 Å². The van der Waals surface area contributed by atoms with E-state index in [-0.39, 0.29) is 5.91 Å². The molecule has 0 aliphatic rings. The van der Waals surface area contributed by atoms with Crippen molar-refractivity contribution in [3.8, 4) is 34.0 Å². The zero-order valence-corrected chi connectivity index (χ0v) is 25.4. The lowest BCUT2D eigenvalue weighted by Gasteiger charge is -2.13. The summed E-state index contributed by atoms with van der Waals surface area (Å²) in [6.07, 6.45) is 5.67. The minimum absolute atomic E-state index is 0.0412. The number of thioether (sulfide) groups is 1. The van der Waals surface area contributed by atoms with Crippen LogP contribution in [-0.2, 0) is 13.0 Å². The summed E-state index contributed by atoms with van der Waals surface area (Å²) in [6, 6.07) is 24.2. The van der Waals surface area contributed by atoms with E-state index in [9.17, 15) is 4.79 Å². The van der Waals surface area contributed by atoms with Gasteiger partial charge in [-0.3, -0.25) is 4.79 Å². The normalized spacial score (nSPS) is 10.9. The van der Waals surface area contributed by atoms with E-state index in [1.54, 1.807) is 26.0 Å². The Morgan fingerprint density at radius 1 is 0.829 bits per heavy atom. The van der Waals surface area contributed by atoms with Gasteiger partial charge in [-0.15, -0.1) is 0 Å². The summed E-state index contributed by atoms with van der Waals surface area (Å²) in [7, 11) is 3.35. The third-order valence-electron chi connectivity index (χ3n) is 7.01. The molecule has 0 radical (unpaired) electrons. The first kappa shape index (κ1) is 30.3. The molecule has 0 atom stereocenters. The van der Waals surface area contributed by atoms with Crippen molar-refractivity contribution in [1.29, 1.82) is 0 Å². The van der Waals surface area contributed by atoms with Crippen LogP contribution in [0.5, 0.6) is 11.5 Å². The molecule has 3 aromatic carbocycles. The molecular weight excluding hydrogens is 530 g/mol. The molecule has 1 amide bonds. The van der Waals surface area contributed by atoms with Gasteiger partial charge in [0, 0.05) is 35.5 Å². The molecule has 0 aliphatic carbocycles. The van der Waals surface area contributed by atoms with Crippen molar-refractivity contribution >= 4 is 17.7 Å². The molecule has 1 heterocycles. The average molecular weight is 572 g/mol. The summed E-state index contributed by atoms with van der Waals surface area (Å²) in [6.45, 7) is 5.78. The second-order valence-electron chi connectivity index (χ2n) is 9.96. The van der Waals surface area contributed by atoms with Crippen LogP contribution in [0, 0.1) is 0 Å². The van der Waals surface area contributed by atoms with E-state index < -0.39 is 0 Å². The van der Waals surface area contributed by atoms with Gasteiger partial charge >= 0.3 is 0 Å². The molecule has 0 saturated carbocycles. The lowest BCUT2D eigenvalue weighted by molar-refractivity contribution is 0.0956. The van der Waals surface area contributed by atoms with E-state index in [0.29, 0.717) is 17.9 Å². The van der Waals surface area contributed by atoms with Crippen LogP contribution in [0.3, 0.4) is 0 Å². The van der Waals surface area contributed by atoms with Gasteiger partial charge in [0.1, 0.15) is 11.5 Å². The summed E-state index contributed by atoms with van der Waals surface area (Å²) < 4.78 is 13.1. The first-order valence-corrected chi connectivity index (χ1v) is 15.5. The van der Waals surface area contributed by atoms with Crippen molar-refractivity contribution in [2.75, 3.05) is 26.5 Å². The van der Waals surface area contributed by atoms with Crippen LogP contribution < -0.4 is 14.8 Å². The zero-order chi connectivity index (χ0) is 29.0. The Hall–Kier alpha value is -3.71. The van der Waals surface area contributed by atoms with Gasteiger partial charge in [-0.25, -0.2) is 4.98 Å². The molecule has 4 rings (SSSR count). The summed E-state index contributed by atoms with van der Waals surface area (Å²) >= 11 is 1.67. The van der Waals surface area contributed by atoms with Crippen LogP contribution in [0.25, 0.3) is 22.5 Å². The van der Waals surface area contributed by atoms with Gasteiger partial charge in [0.05, 0.1) is 25.6 Å². The number of aryl methyl sites for hydroxylation is 1. The Bertz CT molecular complexity index is 1380. The summed E-state index contributed by atoms with van der Waals surface area (Å²) in [4.78, 5) is 17.9. The molecular formula is C34H41N3O3S. The highest BCUT2D eigenvalue weighted by Crippen LogP contribution is 2.37. The SMILES string of the molecule is CCCCCc1ccc(C(=O)NCCSc2nc(-c3ccc(OC)cc3)c(-c3ccc(OC)cc3)n2CCC)cc1. The lowest BCUT2D eigenvalue weighted by atomic mass is 10.0. The quantitative estimate of drug-likeness (QED) is 0.116. The predicted octanol–water partition coefficient (Wildman–Crippen LogP) is 7.90. The maximum Gasteiger partial charge on any atom is 0.251 e. The second kappa shape index (κ2) is 15.3. The number of aromatic nitrogens is 2. The first-order chi connectivity index (χ1) is 20.1. The number of nitrogens with zero attached hydrogens (tertiary/aromatic N) is 2. The van der Waals surface area contributed by atoms with E-state index in [4.69, 9.17) is 14.5 Å². The third-order valence-corrected chi connectivity index (χ3v) is 7.99. The Morgan fingerprint density at radius 3 is 2.05 bits per heavy atom. The Labute approximate surface area is 248 Å². The molecule has 4 aromatic rings. The number of carbonyl (C=O) groups excluding carboxylic acids is 1. The van der Waals surface area contributed by atoms with Gasteiger partial charge in [0.2, 0.25) is 0 Å². The fourth-order valence-electron chi connectivity index (χ4n) is 4.78. The molecule has 216 valence electrons. The number of nitrogens with one attached hydrogen (secondary N) is 1. The molecule has 0 bridgehead atoms. The van der Waals surface area contributed by atoms with Crippen LogP contribution in [0.4, 0.5) is 0 Å². The van der Waals surface area contributed by atoms with E-state index in [2.05, 4.69) is 48.0 Å². The average Bonchev–Trinajstić information content (AvgIpc) is 3.37. The maximum atomic E-state index is 12.8. The van der Waals surface area contributed by atoms with Gasteiger partial charge in [-0.2, -0.15) is 0 Å². The van der Waals surface area contributed by atoms with E-state index in [1.807, 2.05) is 48.5 Å². The molecule has 0 spiro atoms. The monoisotopic (exact) mass is 571 g/mol. The number of rotatable bonds is 15. The third kappa shape index (κ3) is 7.94. The van der Waals surface area contributed by atoms with Crippen LogP contribution in [0.1, 0.15) is 55.5 Å². The summed E-state index contributed by atoms with van der Waals surface area (Å²) in [5.41, 5.74) is 6.09. The van der Waals surface area contributed by atoms with Gasteiger partial charge in [0.15, 0.2) is 5.16 Å². The van der Waals surface area contributed by atoms with Crippen LogP contribution in [0.15, 0.2) is 78.0 Å². The van der Waals surface area contributed by atoms with Crippen LogP contribution in [-0.4, -0.2) is 42.0 Å². The number of imidazole rings is 1. The van der Waals surface area contributed by atoms with Crippen molar-refractivity contribution in [3.63, 3.8) is 0 Å². The minimum atomic E-state index is -0.0412. The van der Waals surface area contributed by atoms with E-state index in [0.717, 1.165) is 58.6 Å². The van der Waals surface area contributed by atoms with Crippen molar-refractivity contribution in [1.82, 2.24) is 14.9 Å². The topological polar surface area (TPSA) is 65.4 Å². The summed E-state index contributed by atoms with van der Waals surface area (Å²) in [5.74, 6) is 2.30. The molecule has 41 heavy (non-hydrogen) atoms. The first-order valence-electron chi connectivity index (χ1n) is 14.5. The highest BCUT2D eigenvalue weighted by molar-refractivity contribution is 7.99. The van der Waals surface area contributed by atoms with Crippen molar-refractivity contribution in [2.45, 2.75) is 57.7 Å².